The van der Waals surface area contributed by atoms with Gasteiger partial charge >= 0.3 is 0 Å². The van der Waals surface area contributed by atoms with Crippen LogP contribution in [0.2, 0.25) is 0 Å². The lowest BCUT2D eigenvalue weighted by atomic mass is 10.1. The van der Waals surface area contributed by atoms with Crippen molar-refractivity contribution in [2.24, 2.45) is 0 Å². The minimum Gasteiger partial charge on any atom is -0.316 e. The number of nitrogens with one attached hydrogen (secondary N) is 1. The lowest BCUT2D eigenvalue weighted by Crippen LogP contribution is -2.21. The van der Waals surface area contributed by atoms with Crippen LogP contribution >= 0.6 is 11.3 Å². The molecule has 8 nitrogen and oxygen atoms in total. The van der Waals surface area contributed by atoms with Crippen LogP contribution in [0.15, 0.2) is 59.7 Å². The van der Waals surface area contributed by atoms with E-state index in [-0.39, 0.29) is 16.9 Å². The summed E-state index contributed by atoms with van der Waals surface area (Å²) in [5.41, 5.74) is 1.87. The molecule has 1 amide bonds. The maximum atomic E-state index is 13.0. The van der Waals surface area contributed by atoms with E-state index in [4.69, 9.17) is 0 Å². The van der Waals surface area contributed by atoms with Gasteiger partial charge in [-0.05, 0) is 36.6 Å². The van der Waals surface area contributed by atoms with Crippen LogP contribution in [0.25, 0.3) is 10.2 Å². The van der Waals surface area contributed by atoms with Crippen LogP contribution in [-0.4, -0.2) is 20.4 Å². The fourth-order valence-electron chi connectivity index (χ4n) is 3.35. The van der Waals surface area contributed by atoms with Crippen molar-refractivity contribution >= 4 is 38.8 Å². The third kappa shape index (κ3) is 3.95. The van der Waals surface area contributed by atoms with Crippen molar-refractivity contribution in [3.8, 4) is 0 Å². The quantitative estimate of drug-likeness (QED) is 0.373. The van der Waals surface area contributed by atoms with E-state index in [9.17, 15) is 19.7 Å². The van der Waals surface area contributed by atoms with Crippen LogP contribution in [0.1, 0.15) is 26.4 Å². The first kappa shape index (κ1) is 20.4. The van der Waals surface area contributed by atoms with E-state index >= 15 is 0 Å². The number of hydrogen-bond acceptors (Lipinski definition) is 6. The second-order valence-corrected chi connectivity index (χ2v) is 8.13. The molecule has 0 spiro atoms. The number of hydrogen-bond donors (Lipinski definition) is 1. The summed E-state index contributed by atoms with van der Waals surface area (Å²) in [4.78, 5) is 41.8. The molecule has 0 bridgehead atoms. The van der Waals surface area contributed by atoms with Crippen molar-refractivity contribution in [3.05, 3.63) is 96.9 Å². The molecule has 0 unspecified atom stereocenters. The molecular formula is C22H18N4O4S. The number of nitro groups is 1. The Hall–Kier alpha value is -3.85. The maximum absolute atomic E-state index is 13.0. The number of nitrogens with zero attached hydrogens (tertiary/aromatic N) is 3. The van der Waals surface area contributed by atoms with E-state index in [1.807, 2.05) is 30.3 Å². The second-order valence-electron chi connectivity index (χ2n) is 7.13. The summed E-state index contributed by atoms with van der Waals surface area (Å²) in [7, 11) is 0. The van der Waals surface area contributed by atoms with Crippen LogP contribution in [0, 0.1) is 24.0 Å². The van der Waals surface area contributed by atoms with Gasteiger partial charge in [-0.2, -0.15) is 0 Å². The van der Waals surface area contributed by atoms with Crippen LogP contribution in [-0.2, 0) is 6.54 Å². The number of thiophene rings is 1. The molecule has 156 valence electrons. The first-order chi connectivity index (χ1) is 14.8. The summed E-state index contributed by atoms with van der Waals surface area (Å²) < 4.78 is 1.50. The van der Waals surface area contributed by atoms with Crippen molar-refractivity contribution in [2.45, 2.75) is 20.4 Å². The summed E-state index contributed by atoms with van der Waals surface area (Å²) in [5, 5.41) is 14.3. The van der Waals surface area contributed by atoms with Gasteiger partial charge in [-0.3, -0.25) is 24.3 Å². The highest BCUT2D eigenvalue weighted by molar-refractivity contribution is 7.20. The molecule has 0 atom stereocenters. The van der Waals surface area contributed by atoms with Crippen molar-refractivity contribution in [1.29, 1.82) is 0 Å². The predicted octanol–water partition coefficient (Wildman–Crippen LogP) is 4.28. The normalized spacial score (nSPS) is 10.9. The number of benzene rings is 2. The number of anilines is 1. The lowest BCUT2D eigenvalue weighted by Gasteiger charge is -2.06. The molecule has 2 heterocycles. The number of fused-ring (bicyclic) bond motifs is 1. The van der Waals surface area contributed by atoms with E-state index in [2.05, 4.69) is 10.3 Å². The molecule has 0 fully saturated rings. The van der Waals surface area contributed by atoms with Gasteiger partial charge in [-0.1, -0.05) is 36.4 Å². The minimum absolute atomic E-state index is 0.104. The fourth-order valence-corrected chi connectivity index (χ4v) is 4.38. The molecular weight excluding hydrogens is 416 g/mol. The van der Waals surface area contributed by atoms with Gasteiger partial charge < -0.3 is 5.32 Å². The Balaban J connectivity index is 1.70. The largest absolute Gasteiger partial charge is 0.316 e. The molecule has 1 N–H and O–H groups in total. The molecule has 9 heteroatoms. The predicted molar refractivity (Wildman–Crippen MR) is 120 cm³/mol. The first-order valence-corrected chi connectivity index (χ1v) is 10.3. The zero-order valence-corrected chi connectivity index (χ0v) is 17.6. The van der Waals surface area contributed by atoms with Crippen LogP contribution < -0.4 is 10.9 Å². The molecule has 0 aliphatic rings. The SMILES string of the molecule is Cc1ccc(NC(=O)c2sc3ncn(Cc4ccccc4)c(=O)c3c2C)c([N+](=O)[O-])c1. The molecule has 2 aromatic carbocycles. The minimum atomic E-state index is -0.538. The van der Waals surface area contributed by atoms with Gasteiger partial charge in [0.15, 0.2) is 0 Å². The van der Waals surface area contributed by atoms with E-state index < -0.39 is 10.8 Å². The Morgan fingerprint density at radius 3 is 2.65 bits per heavy atom. The third-order valence-electron chi connectivity index (χ3n) is 4.92. The number of carbonyl (C=O) groups is 1. The molecule has 2 aromatic heterocycles. The maximum Gasteiger partial charge on any atom is 0.293 e. The van der Waals surface area contributed by atoms with Gasteiger partial charge in [0.05, 0.1) is 28.1 Å². The highest BCUT2D eigenvalue weighted by Gasteiger charge is 2.22. The van der Waals surface area contributed by atoms with Gasteiger partial charge in [0.2, 0.25) is 0 Å². The van der Waals surface area contributed by atoms with Crippen LogP contribution in [0.3, 0.4) is 0 Å². The average molecular weight is 434 g/mol. The summed E-state index contributed by atoms with van der Waals surface area (Å²) in [6.45, 7) is 3.79. The van der Waals surface area contributed by atoms with E-state index in [1.54, 1.807) is 19.9 Å². The molecule has 0 radical (unpaired) electrons. The average Bonchev–Trinajstić information content (AvgIpc) is 3.09. The Labute approximate surface area is 181 Å². The first-order valence-electron chi connectivity index (χ1n) is 9.44. The molecule has 0 saturated heterocycles. The Morgan fingerprint density at radius 2 is 1.94 bits per heavy atom. The number of nitro benzene ring substituents is 1. The zero-order valence-electron chi connectivity index (χ0n) is 16.8. The highest BCUT2D eigenvalue weighted by Crippen LogP contribution is 2.30. The van der Waals surface area contributed by atoms with Crippen molar-refractivity contribution < 1.29 is 9.72 Å². The van der Waals surface area contributed by atoms with Crippen molar-refractivity contribution in [3.63, 3.8) is 0 Å². The van der Waals surface area contributed by atoms with Gasteiger partial charge in [0.25, 0.3) is 17.2 Å². The van der Waals surface area contributed by atoms with Crippen LogP contribution in [0.5, 0.6) is 0 Å². The van der Waals surface area contributed by atoms with E-state index in [0.717, 1.165) is 16.9 Å². The van der Waals surface area contributed by atoms with Crippen molar-refractivity contribution in [1.82, 2.24) is 9.55 Å². The number of aryl methyl sites for hydroxylation is 2. The molecule has 4 aromatic rings. The van der Waals surface area contributed by atoms with E-state index in [1.165, 1.54) is 23.0 Å². The smallest absolute Gasteiger partial charge is 0.293 e. The topological polar surface area (TPSA) is 107 Å². The molecule has 31 heavy (non-hydrogen) atoms. The fraction of sp³-hybridized carbons (Fsp3) is 0.136. The lowest BCUT2D eigenvalue weighted by molar-refractivity contribution is -0.384. The van der Waals surface area contributed by atoms with E-state index in [0.29, 0.717) is 32.8 Å². The monoisotopic (exact) mass is 434 g/mol. The highest BCUT2D eigenvalue weighted by atomic mass is 32.1. The van der Waals surface area contributed by atoms with Gasteiger partial charge in [-0.25, -0.2) is 4.98 Å². The van der Waals surface area contributed by atoms with Crippen LogP contribution in [0.4, 0.5) is 11.4 Å². The number of rotatable bonds is 5. The van der Waals surface area contributed by atoms with Gasteiger partial charge in [0, 0.05) is 6.07 Å². The van der Waals surface area contributed by atoms with Crippen molar-refractivity contribution in [2.75, 3.05) is 5.32 Å². The standard InChI is InChI=1S/C22H18N4O4S/c1-13-8-9-16(17(10-13)26(29)30)24-20(27)19-14(2)18-21(31-19)23-12-25(22(18)28)11-15-6-4-3-5-7-15/h3-10,12H,11H2,1-2H3,(H,24,27). The Morgan fingerprint density at radius 1 is 1.19 bits per heavy atom. The van der Waals surface area contributed by atoms with Gasteiger partial charge in [-0.15, -0.1) is 11.3 Å². The van der Waals surface area contributed by atoms with Gasteiger partial charge in [0.1, 0.15) is 10.5 Å². The summed E-state index contributed by atoms with van der Waals surface area (Å²) in [5.74, 6) is -0.513. The number of carbonyl (C=O) groups excluding carboxylic acids is 1. The second kappa shape index (κ2) is 8.11. The molecule has 0 saturated carbocycles. The molecule has 0 aliphatic carbocycles. The molecule has 0 aliphatic heterocycles. The molecule has 4 rings (SSSR count). The Kier molecular flexibility index (Phi) is 5.35. The summed E-state index contributed by atoms with van der Waals surface area (Å²) in [6.07, 6.45) is 1.47. The number of aromatic nitrogens is 2. The third-order valence-corrected chi connectivity index (χ3v) is 6.12. The number of amides is 1. The summed E-state index contributed by atoms with van der Waals surface area (Å²) in [6, 6.07) is 14.1. The zero-order chi connectivity index (χ0) is 22.1. The summed E-state index contributed by atoms with van der Waals surface area (Å²) >= 11 is 1.09. The Bertz CT molecular complexity index is 1380.